The highest BCUT2D eigenvalue weighted by Crippen LogP contribution is 2.26. The van der Waals surface area contributed by atoms with Gasteiger partial charge in [-0.25, -0.2) is 0 Å². The van der Waals surface area contributed by atoms with Crippen LogP contribution in [0.5, 0.6) is 0 Å². The predicted molar refractivity (Wildman–Crippen MR) is 94.6 cm³/mol. The van der Waals surface area contributed by atoms with Crippen LogP contribution < -0.4 is 11.1 Å². The number of nitrogen functional groups attached to an aromatic ring is 1. The molecule has 0 aliphatic heterocycles. The van der Waals surface area contributed by atoms with Crippen molar-refractivity contribution in [2.75, 3.05) is 11.1 Å². The van der Waals surface area contributed by atoms with Crippen LogP contribution >= 0.6 is 0 Å². The second-order valence-electron chi connectivity index (χ2n) is 5.51. The molecule has 0 bridgehead atoms. The Morgan fingerprint density at radius 3 is 2.52 bits per heavy atom. The Morgan fingerprint density at radius 2 is 1.70 bits per heavy atom. The highest BCUT2D eigenvalue weighted by Gasteiger charge is 2.11. The van der Waals surface area contributed by atoms with Gasteiger partial charge >= 0.3 is 0 Å². The van der Waals surface area contributed by atoms with Crippen molar-refractivity contribution >= 4 is 39.0 Å². The highest BCUT2D eigenvalue weighted by molar-refractivity contribution is 6.12. The Balaban J connectivity index is 1.72. The zero-order chi connectivity index (χ0) is 15.8. The molecule has 4 aromatic rings. The van der Waals surface area contributed by atoms with E-state index < -0.39 is 0 Å². The molecule has 112 valence electrons. The number of carbonyl (C=O) groups is 1. The maximum absolute atomic E-state index is 12.4. The number of aromatic amines is 1. The van der Waals surface area contributed by atoms with Crippen molar-refractivity contribution in [3.05, 3.63) is 72.4 Å². The predicted octanol–water partition coefficient (Wildman–Crippen LogP) is 4.16. The zero-order valence-corrected chi connectivity index (χ0v) is 12.3. The van der Waals surface area contributed by atoms with E-state index in [1.165, 1.54) is 0 Å². The van der Waals surface area contributed by atoms with Crippen molar-refractivity contribution < 1.29 is 4.79 Å². The van der Waals surface area contributed by atoms with E-state index in [0.717, 1.165) is 21.7 Å². The number of anilines is 2. The summed E-state index contributed by atoms with van der Waals surface area (Å²) in [6, 6.07) is 21.2. The third-order valence-electron chi connectivity index (χ3n) is 3.94. The van der Waals surface area contributed by atoms with Crippen LogP contribution in [0.1, 0.15) is 10.5 Å². The van der Waals surface area contributed by atoms with E-state index in [0.29, 0.717) is 17.1 Å². The summed E-state index contributed by atoms with van der Waals surface area (Å²) in [7, 11) is 0. The van der Waals surface area contributed by atoms with Crippen molar-refractivity contribution in [3.8, 4) is 0 Å². The topological polar surface area (TPSA) is 70.9 Å². The number of rotatable bonds is 2. The summed E-state index contributed by atoms with van der Waals surface area (Å²) in [5.74, 6) is -0.171. The molecule has 0 aliphatic rings. The molecule has 0 saturated heterocycles. The van der Waals surface area contributed by atoms with E-state index in [9.17, 15) is 4.79 Å². The molecule has 0 aliphatic carbocycles. The molecule has 1 aromatic heterocycles. The monoisotopic (exact) mass is 301 g/mol. The van der Waals surface area contributed by atoms with Crippen LogP contribution in [0.25, 0.3) is 21.7 Å². The molecule has 0 fully saturated rings. The van der Waals surface area contributed by atoms with Gasteiger partial charge in [-0.1, -0.05) is 30.3 Å². The molecular weight excluding hydrogens is 286 g/mol. The van der Waals surface area contributed by atoms with Gasteiger partial charge in [0, 0.05) is 22.3 Å². The number of hydrogen-bond acceptors (Lipinski definition) is 2. The smallest absolute Gasteiger partial charge is 0.272 e. The summed E-state index contributed by atoms with van der Waals surface area (Å²) in [5, 5.41) is 6.20. The van der Waals surface area contributed by atoms with E-state index in [4.69, 9.17) is 5.73 Å². The highest BCUT2D eigenvalue weighted by atomic mass is 16.1. The largest absolute Gasteiger partial charge is 0.399 e. The molecular formula is C19H15N3O. The fourth-order valence-electron chi connectivity index (χ4n) is 2.77. The van der Waals surface area contributed by atoms with E-state index in [-0.39, 0.29) is 5.91 Å². The molecule has 0 unspecified atom stereocenters. The minimum Gasteiger partial charge on any atom is -0.399 e. The first-order valence-electron chi connectivity index (χ1n) is 7.38. The molecule has 1 amide bonds. The molecule has 3 aromatic carbocycles. The maximum Gasteiger partial charge on any atom is 0.272 e. The average Bonchev–Trinajstić information content (AvgIpc) is 3.02. The molecule has 1 heterocycles. The number of hydrogen-bond donors (Lipinski definition) is 3. The van der Waals surface area contributed by atoms with Gasteiger partial charge in [-0.05, 0) is 47.2 Å². The standard InChI is InChI=1S/C19H15N3O/c20-13-6-8-14(9-7-13)21-19(23)18-11-16-15-4-2-1-3-12(15)5-10-17(16)22-18/h1-11,22H,20H2,(H,21,23). The molecule has 0 spiro atoms. The van der Waals surface area contributed by atoms with Gasteiger partial charge in [0.2, 0.25) is 0 Å². The van der Waals surface area contributed by atoms with Gasteiger partial charge < -0.3 is 16.0 Å². The normalized spacial score (nSPS) is 11.0. The third-order valence-corrected chi connectivity index (χ3v) is 3.94. The van der Waals surface area contributed by atoms with Crippen LogP contribution in [0, 0.1) is 0 Å². The van der Waals surface area contributed by atoms with Crippen molar-refractivity contribution in [1.82, 2.24) is 4.98 Å². The molecule has 4 rings (SSSR count). The second kappa shape index (κ2) is 5.18. The fourth-order valence-corrected chi connectivity index (χ4v) is 2.77. The number of nitrogens with one attached hydrogen (secondary N) is 2. The van der Waals surface area contributed by atoms with E-state index in [1.54, 1.807) is 24.3 Å². The van der Waals surface area contributed by atoms with Crippen LogP contribution in [0.15, 0.2) is 66.7 Å². The van der Waals surface area contributed by atoms with Gasteiger partial charge in [0.25, 0.3) is 5.91 Å². The lowest BCUT2D eigenvalue weighted by molar-refractivity contribution is 0.102. The number of benzene rings is 3. The lowest BCUT2D eigenvalue weighted by atomic mass is 10.1. The van der Waals surface area contributed by atoms with Crippen LogP contribution in [-0.2, 0) is 0 Å². The van der Waals surface area contributed by atoms with E-state index >= 15 is 0 Å². The Morgan fingerprint density at radius 1 is 0.913 bits per heavy atom. The number of aromatic nitrogens is 1. The summed E-state index contributed by atoms with van der Waals surface area (Å²) >= 11 is 0. The summed E-state index contributed by atoms with van der Waals surface area (Å²) in [4.78, 5) is 15.6. The van der Waals surface area contributed by atoms with Gasteiger partial charge in [0.05, 0.1) is 0 Å². The lowest BCUT2D eigenvalue weighted by Crippen LogP contribution is -2.12. The van der Waals surface area contributed by atoms with Crippen LogP contribution in [-0.4, -0.2) is 10.9 Å². The molecule has 4 N–H and O–H groups in total. The van der Waals surface area contributed by atoms with Gasteiger partial charge in [-0.15, -0.1) is 0 Å². The molecule has 0 radical (unpaired) electrons. The Bertz CT molecular complexity index is 1020. The SMILES string of the molecule is Nc1ccc(NC(=O)c2cc3c(ccc4ccccc43)[nH]2)cc1. The quantitative estimate of drug-likeness (QED) is 0.487. The number of fused-ring (bicyclic) bond motifs is 3. The summed E-state index contributed by atoms with van der Waals surface area (Å²) in [6.07, 6.45) is 0. The lowest BCUT2D eigenvalue weighted by Gasteiger charge is -2.03. The minimum atomic E-state index is -0.171. The number of carbonyl (C=O) groups excluding carboxylic acids is 1. The average molecular weight is 301 g/mol. The Hall–Kier alpha value is -3.27. The van der Waals surface area contributed by atoms with Gasteiger partial charge in [0.15, 0.2) is 0 Å². The van der Waals surface area contributed by atoms with Crippen molar-refractivity contribution in [1.29, 1.82) is 0 Å². The first kappa shape index (κ1) is 13.4. The van der Waals surface area contributed by atoms with E-state index in [1.807, 2.05) is 24.3 Å². The Kier molecular flexibility index (Phi) is 3.01. The minimum absolute atomic E-state index is 0.171. The van der Waals surface area contributed by atoms with Gasteiger partial charge in [0.1, 0.15) is 5.69 Å². The zero-order valence-electron chi connectivity index (χ0n) is 12.3. The fraction of sp³-hybridized carbons (Fsp3) is 0. The Labute approximate surface area is 132 Å². The first-order valence-corrected chi connectivity index (χ1v) is 7.38. The molecule has 4 nitrogen and oxygen atoms in total. The van der Waals surface area contributed by atoms with Crippen LogP contribution in [0.4, 0.5) is 11.4 Å². The second-order valence-corrected chi connectivity index (χ2v) is 5.51. The first-order chi connectivity index (χ1) is 11.2. The van der Waals surface area contributed by atoms with Crippen LogP contribution in [0.2, 0.25) is 0 Å². The third kappa shape index (κ3) is 2.40. The summed E-state index contributed by atoms with van der Waals surface area (Å²) < 4.78 is 0. The van der Waals surface area contributed by atoms with Crippen molar-refractivity contribution in [3.63, 3.8) is 0 Å². The molecule has 4 heteroatoms. The molecule has 0 atom stereocenters. The van der Waals surface area contributed by atoms with E-state index in [2.05, 4.69) is 28.5 Å². The number of H-pyrrole nitrogens is 1. The molecule has 23 heavy (non-hydrogen) atoms. The maximum atomic E-state index is 12.4. The summed E-state index contributed by atoms with van der Waals surface area (Å²) in [6.45, 7) is 0. The van der Waals surface area contributed by atoms with Gasteiger partial charge in [-0.2, -0.15) is 0 Å². The summed E-state index contributed by atoms with van der Waals surface area (Å²) in [5.41, 5.74) is 8.52. The van der Waals surface area contributed by atoms with Crippen molar-refractivity contribution in [2.24, 2.45) is 0 Å². The number of nitrogens with two attached hydrogens (primary N) is 1. The number of amides is 1. The van der Waals surface area contributed by atoms with Crippen LogP contribution in [0.3, 0.4) is 0 Å². The molecule has 0 saturated carbocycles. The van der Waals surface area contributed by atoms with Gasteiger partial charge in [-0.3, -0.25) is 4.79 Å². The van der Waals surface area contributed by atoms with Crippen molar-refractivity contribution in [2.45, 2.75) is 0 Å².